The molecule has 1 saturated carbocycles. The zero-order valence-corrected chi connectivity index (χ0v) is 11.6. The Morgan fingerprint density at radius 3 is 2.44 bits per heavy atom. The number of ether oxygens (including phenoxy) is 1. The third kappa shape index (κ3) is 2.85. The second kappa shape index (κ2) is 5.29. The van der Waals surface area contributed by atoms with Crippen LogP contribution in [0, 0.1) is 0 Å². The van der Waals surface area contributed by atoms with Crippen LogP contribution in [-0.4, -0.2) is 38.3 Å². The van der Waals surface area contributed by atoms with Gasteiger partial charge in [-0.25, -0.2) is 0 Å². The van der Waals surface area contributed by atoms with Crippen molar-refractivity contribution < 1.29 is 4.74 Å². The Morgan fingerprint density at radius 1 is 1.33 bits per heavy atom. The highest BCUT2D eigenvalue weighted by molar-refractivity contribution is 5.43. The maximum Gasteiger partial charge on any atom is 0.0615 e. The van der Waals surface area contributed by atoms with E-state index in [1.165, 1.54) is 18.4 Å². The Hall–Kier alpha value is -1.06. The topological polar surface area (TPSA) is 38.5 Å². The van der Waals surface area contributed by atoms with Gasteiger partial charge in [0.1, 0.15) is 0 Å². The number of hydrogen-bond acceptors (Lipinski definition) is 3. The molecule has 1 aromatic rings. The number of rotatable bonds is 6. The van der Waals surface area contributed by atoms with Gasteiger partial charge in [0.2, 0.25) is 0 Å². The van der Waals surface area contributed by atoms with Gasteiger partial charge in [-0.3, -0.25) is 0 Å². The molecule has 1 aromatic carbocycles. The number of nitrogens with zero attached hydrogens (tertiary/aromatic N) is 1. The lowest BCUT2D eigenvalue weighted by molar-refractivity contribution is 0.110. The average Bonchev–Trinajstić information content (AvgIpc) is 3.11. The number of methoxy groups -OCH3 is 1. The van der Waals surface area contributed by atoms with E-state index in [4.69, 9.17) is 10.5 Å². The normalized spacial score (nSPS) is 18.9. The quantitative estimate of drug-likeness (QED) is 0.785. The number of likely N-dealkylation sites (N-methyl/N-ethyl adjacent to an activating group) is 1. The molecule has 2 N–H and O–H groups in total. The molecule has 0 aromatic heterocycles. The Morgan fingerprint density at radius 2 is 1.94 bits per heavy atom. The van der Waals surface area contributed by atoms with Crippen LogP contribution in [0.25, 0.3) is 0 Å². The van der Waals surface area contributed by atoms with Crippen LogP contribution < -0.4 is 5.73 Å². The van der Waals surface area contributed by atoms with Gasteiger partial charge in [-0.05, 0) is 44.5 Å². The van der Waals surface area contributed by atoms with Gasteiger partial charge in [-0.1, -0.05) is 12.1 Å². The highest BCUT2D eigenvalue weighted by atomic mass is 16.5. The van der Waals surface area contributed by atoms with Gasteiger partial charge in [0.05, 0.1) is 6.61 Å². The minimum atomic E-state index is 0.352. The minimum absolute atomic E-state index is 0.352. The monoisotopic (exact) mass is 248 g/mol. The Labute approximate surface area is 110 Å². The highest BCUT2D eigenvalue weighted by Gasteiger charge is 2.45. The first-order chi connectivity index (χ1) is 8.57. The fourth-order valence-corrected chi connectivity index (χ4v) is 2.53. The van der Waals surface area contributed by atoms with Gasteiger partial charge in [-0.2, -0.15) is 0 Å². The number of nitrogens with two attached hydrogens (primary N) is 1. The molecule has 3 nitrogen and oxygen atoms in total. The third-order valence-corrected chi connectivity index (χ3v) is 4.09. The number of anilines is 1. The van der Waals surface area contributed by atoms with Crippen LogP contribution in [0.5, 0.6) is 0 Å². The maximum absolute atomic E-state index is 5.75. The molecule has 0 heterocycles. The zero-order chi connectivity index (χ0) is 13.2. The van der Waals surface area contributed by atoms with E-state index >= 15 is 0 Å². The summed E-state index contributed by atoms with van der Waals surface area (Å²) in [5, 5.41) is 0. The molecule has 0 saturated heterocycles. The smallest absolute Gasteiger partial charge is 0.0615 e. The maximum atomic E-state index is 5.75. The molecule has 0 amide bonds. The molecule has 0 aliphatic heterocycles. The van der Waals surface area contributed by atoms with E-state index in [9.17, 15) is 0 Å². The Bertz CT molecular complexity index is 384. The standard InChI is InChI=1S/C15H24N2O/c1-12(10-18-3)17(2)11-15(8-9-15)13-4-6-14(16)7-5-13/h4-7,12H,8-11,16H2,1-3H3. The van der Waals surface area contributed by atoms with Crippen molar-refractivity contribution in [3.8, 4) is 0 Å². The summed E-state index contributed by atoms with van der Waals surface area (Å²) >= 11 is 0. The fraction of sp³-hybridized carbons (Fsp3) is 0.600. The van der Waals surface area contributed by atoms with E-state index in [1.807, 2.05) is 12.1 Å². The van der Waals surface area contributed by atoms with Crippen molar-refractivity contribution >= 4 is 5.69 Å². The number of nitrogen functional groups attached to an aromatic ring is 1. The average molecular weight is 248 g/mol. The molecule has 0 spiro atoms. The summed E-state index contributed by atoms with van der Waals surface area (Å²) in [6.07, 6.45) is 2.56. The molecule has 1 unspecified atom stereocenters. The first kappa shape index (κ1) is 13.4. The first-order valence-corrected chi connectivity index (χ1v) is 6.62. The minimum Gasteiger partial charge on any atom is -0.399 e. The van der Waals surface area contributed by atoms with Crippen molar-refractivity contribution in [2.24, 2.45) is 0 Å². The molecule has 0 bridgehead atoms. The largest absolute Gasteiger partial charge is 0.399 e. The van der Waals surface area contributed by atoms with E-state index in [0.29, 0.717) is 11.5 Å². The first-order valence-electron chi connectivity index (χ1n) is 6.62. The van der Waals surface area contributed by atoms with Crippen LogP contribution in [0.2, 0.25) is 0 Å². The Kier molecular flexibility index (Phi) is 3.93. The molecule has 2 rings (SSSR count). The second-order valence-electron chi connectivity index (χ2n) is 5.62. The number of benzene rings is 1. The molecule has 0 radical (unpaired) electrons. The predicted octanol–water partition coefficient (Wildman–Crippen LogP) is 2.27. The van der Waals surface area contributed by atoms with Crippen molar-refractivity contribution in [2.45, 2.75) is 31.2 Å². The summed E-state index contributed by atoms with van der Waals surface area (Å²) in [5.41, 5.74) is 8.37. The lowest BCUT2D eigenvalue weighted by Gasteiger charge is -2.29. The summed E-state index contributed by atoms with van der Waals surface area (Å²) in [5.74, 6) is 0. The second-order valence-corrected chi connectivity index (χ2v) is 5.62. The van der Waals surface area contributed by atoms with Gasteiger partial charge in [0, 0.05) is 30.8 Å². The summed E-state index contributed by atoms with van der Waals surface area (Å²) in [4.78, 5) is 2.40. The lowest BCUT2D eigenvalue weighted by Crippen LogP contribution is -2.38. The van der Waals surface area contributed by atoms with Crippen LogP contribution in [-0.2, 0) is 10.2 Å². The number of hydrogen-bond donors (Lipinski definition) is 1. The van der Waals surface area contributed by atoms with Crippen molar-refractivity contribution in [1.82, 2.24) is 4.90 Å². The Balaban J connectivity index is 2.02. The van der Waals surface area contributed by atoms with Crippen molar-refractivity contribution in [3.05, 3.63) is 29.8 Å². The molecule has 3 heteroatoms. The summed E-state index contributed by atoms with van der Waals surface area (Å²) in [6, 6.07) is 8.83. The molecule has 18 heavy (non-hydrogen) atoms. The van der Waals surface area contributed by atoms with Gasteiger partial charge < -0.3 is 15.4 Å². The van der Waals surface area contributed by atoms with Crippen molar-refractivity contribution in [3.63, 3.8) is 0 Å². The van der Waals surface area contributed by atoms with Crippen LogP contribution in [0.4, 0.5) is 5.69 Å². The predicted molar refractivity (Wildman–Crippen MR) is 75.7 cm³/mol. The lowest BCUT2D eigenvalue weighted by atomic mass is 9.95. The highest BCUT2D eigenvalue weighted by Crippen LogP contribution is 2.48. The summed E-state index contributed by atoms with van der Waals surface area (Å²) in [7, 11) is 3.94. The van der Waals surface area contributed by atoms with Crippen LogP contribution in [0.1, 0.15) is 25.3 Å². The van der Waals surface area contributed by atoms with E-state index in [2.05, 4.69) is 31.0 Å². The van der Waals surface area contributed by atoms with Crippen molar-refractivity contribution in [2.75, 3.05) is 33.0 Å². The molecule has 1 aliphatic rings. The summed E-state index contributed by atoms with van der Waals surface area (Å²) in [6.45, 7) is 4.10. The molecule has 1 fully saturated rings. The van der Waals surface area contributed by atoms with Crippen molar-refractivity contribution in [1.29, 1.82) is 0 Å². The van der Waals surface area contributed by atoms with Gasteiger partial charge in [-0.15, -0.1) is 0 Å². The fourth-order valence-electron chi connectivity index (χ4n) is 2.53. The molecule has 1 aliphatic carbocycles. The SMILES string of the molecule is COCC(C)N(C)CC1(c2ccc(N)cc2)CC1. The van der Waals surface area contributed by atoms with E-state index in [-0.39, 0.29) is 0 Å². The zero-order valence-electron chi connectivity index (χ0n) is 11.6. The molecule has 100 valence electrons. The van der Waals surface area contributed by atoms with Crippen LogP contribution >= 0.6 is 0 Å². The van der Waals surface area contributed by atoms with E-state index in [0.717, 1.165) is 18.8 Å². The van der Waals surface area contributed by atoms with Gasteiger partial charge in [0.25, 0.3) is 0 Å². The molecular weight excluding hydrogens is 224 g/mol. The van der Waals surface area contributed by atoms with Gasteiger partial charge >= 0.3 is 0 Å². The molecular formula is C15H24N2O. The van der Waals surface area contributed by atoms with E-state index in [1.54, 1.807) is 7.11 Å². The third-order valence-electron chi connectivity index (χ3n) is 4.09. The van der Waals surface area contributed by atoms with E-state index < -0.39 is 0 Å². The van der Waals surface area contributed by atoms with Crippen LogP contribution in [0.3, 0.4) is 0 Å². The summed E-state index contributed by atoms with van der Waals surface area (Å²) < 4.78 is 5.22. The van der Waals surface area contributed by atoms with Gasteiger partial charge in [0.15, 0.2) is 0 Å². The van der Waals surface area contributed by atoms with Crippen LogP contribution in [0.15, 0.2) is 24.3 Å². The molecule has 1 atom stereocenters.